The second-order valence-electron chi connectivity index (χ2n) is 7.23. The van der Waals surface area contributed by atoms with E-state index >= 15 is 0 Å². The van der Waals surface area contributed by atoms with Gasteiger partial charge in [-0.05, 0) is 42.6 Å². The highest BCUT2D eigenvalue weighted by molar-refractivity contribution is 8.00. The van der Waals surface area contributed by atoms with Crippen molar-refractivity contribution in [3.63, 3.8) is 0 Å². The van der Waals surface area contributed by atoms with Crippen LogP contribution < -0.4 is 5.32 Å². The lowest BCUT2D eigenvalue weighted by molar-refractivity contribution is -0.115. The van der Waals surface area contributed by atoms with Crippen molar-refractivity contribution in [1.29, 1.82) is 0 Å². The average molecular weight is 441 g/mol. The van der Waals surface area contributed by atoms with Crippen LogP contribution in [0.3, 0.4) is 0 Å². The first kappa shape index (κ1) is 20.1. The molecule has 1 atom stereocenters. The van der Waals surface area contributed by atoms with Crippen molar-refractivity contribution >= 4 is 34.1 Å². The molecule has 0 fully saturated rings. The molecule has 3 aromatic carbocycles. The summed E-state index contributed by atoms with van der Waals surface area (Å²) < 4.78 is 7.46. The molecular formula is C25H20N4O2S. The van der Waals surface area contributed by atoms with Crippen LogP contribution in [0.5, 0.6) is 0 Å². The first-order valence-electron chi connectivity index (χ1n) is 10.2. The summed E-state index contributed by atoms with van der Waals surface area (Å²) in [6.45, 7) is 1.86. The minimum atomic E-state index is -0.398. The van der Waals surface area contributed by atoms with E-state index < -0.39 is 5.25 Å². The molecule has 32 heavy (non-hydrogen) atoms. The molecule has 1 amide bonds. The Morgan fingerprint density at radius 1 is 0.938 bits per heavy atom. The summed E-state index contributed by atoms with van der Waals surface area (Å²) in [7, 11) is 0. The molecule has 0 saturated heterocycles. The number of nitrogens with zero attached hydrogens (tertiary/aromatic N) is 3. The third-order valence-electron chi connectivity index (χ3n) is 5.09. The summed E-state index contributed by atoms with van der Waals surface area (Å²) in [6, 6.07) is 27.3. The molecule has 1 unspecified atom stereocenters. The molecule has 0 aliphatic rings. The van der Waals surface area contributed by atoms with Gasteiger partial charge < -0.3 is 9.73 Å². The maximum Gasteiger partial charge on any atom is 0.237 e. The highest BCUT2D eigenvalue weighted by Crippen LogP contribution is 2.31. The molecule has 0 radical (unpaired) electrons. The minimum Gasteiger partial charge on any atom is -0.461 e. The van der Waals surface area contributed by atoms with E-state index in [1.807, 2.05) is 96.4 Å². The van der Waals surface area contributed by atoms with Crippen molar-refractivity contribution in [3.05, 3.63) is 91.2 Å². The Bertz CT molecular complexity index is 1360. The van der Waals surface area contributed by atoms with Crippen LogP contribution in [0.25, 0.3) is 28.0 Å². The summed E-state index contributed by atoms with van der Waals surface area (Å²) in [6.07, 6.45) is 1.60. The van der Waals surface area contributed by atoms with Crippen LogP contribution >= 0.6 is 11.8 Å². The Labute approximate surface area is 189 Å². The number of hydrogen-bond acceptors (Lipinski definition) is 5. The molecule has 7 heteroatoms. The number of amides is 1. The zero-order valence-corrected chi connectivity index (χ0v) is 18.1. The highest BCUT2D eigenvalue weighted by Gasteiger charge is 2.23. The summed E-state index contributed by atoms with van der Waals surface area (Å²) in [4.78, 5) is 13.0. The third kappa shape index (κ3) is 3.90. The molecule has 0 spiro atoms. The Kier molecular flexibility index (Phi) is 5.47. The summed E-state index contributed by atoms with van der Waals surface area (Å²) in [5.74, 6) is 1.10. The number of fused-ring (bicyclic) bond motifs is 1. The van der Waals surface area contributed by atoms with Gasteiger partial charge >= 0.3 is 0 Å². The molecular weight excluding hydrogens is 420 g/mol. The molecule has 0 bridgehead atoms. The smallest absolute Gasteiger partial charge is 0.237 e. The van der Waals surface area contributed by atoms with E-state index in [0.29, 0.717) is 16.7 Å². The van der Waals surface area contributed by atoms with Gasteiger partial charge in [-0.2, -0.15) is 0 Å². The molecule has 5 aromatic rings. The molecule has 2 heterocycles. The largest absolute Gasteiger partial charge is 0.461 e. The van der Waals surface area contributed by atoms with E-state index in [0.717, 1.165) is 22.1 Å². The predicted molar refractivity (Wildman–Crippen MR) is 127 cm³/mol. The van der Waals surface area contributed by atoms with E-state index in [4.69, 9.17) is 4.42 Å². The number of anilines is 1. The van der Waals surface area contributed by atoms with Crippen LogP contribution in [0.15, 0.2) is 101 Å². The van der Waals surface area contributed by atoms with Crippen molar-refractivity contribution in [3.8, 4) is 17.3 Å². The lowest BCUT2D eigenvalue weighted by Gasteiger charge is -2.14. The number of rotatable bonds is 6. The van der Waals surface area contributed by atoms with Crippen LogP contribution in [0.2, 0.25) is 0 Å². The summed E-state index contributed by atoms with van der Waals surface area (Å²) in [5.41, 5.74) is 1.69. The second kappa shape index (κ2) is 8.72. The van der Waals surface area contributed by atoms with E-state index in [-0.39, 0.29) is 5.91 Å². The van der Waals surface area contributed by atoms with Gasteiger partial charge in [0, 0.05) is 16.8 Å². The van der Waals surface area contributed by atoms with Crippen molar-refractivity contribution in [2.75, 3.05) is 5.32 Å². The van der Waals surface area contributed by atoms with E-state index in [9.17, 15) is 4.79 Å². The zero-order valence-electron chi connectivity index (χ0n) is 17.3. The molecule has 0 saturated carbocycles. The minimum absolute atomic E-state index is 0.103. The molecule has 0 aliphatic heterocycles. The van der Waals surface area contributed by atoms with Crippen LogP contribution in [0.4, 0.5) is 5.69 Å². The van der Waals surface area contributed by atoms with E-state index in [2.05, 4.69) is 15.5 Å². The first-order valence-corrected chi connectivity index (χ1v) is 11.1. The van der Waals surface area contributed by atoms with Crippen molar-refractivity contribution < 1.29 is 9.21 Å². The highest BCUT2D eigenvalue weighted by atomic mass is 32.2. The number of nitrogens with one attached hydrogen (secondary N) is 1. The number of thioether (sulfide) groups is 1. The van der Waals surface area contributed by atoms with Crippen molar-refractivity contribution in [2.24, 2.45) is 0 Å². The average Bonchev–Trinajstić information content (AvgIpc) is 3.50. The lowest BCUT2D eigenvalue weighted by Crippen LogP contribution is -2.23. The summed E-state index contributed by atoms with van der Waals surface area (Å²) >= 11 is 1.35. The normalized spacial score (nSPS) is 12.0. The maximum absolute atomic E-state index is 13.0. The van der Waals surface area contributed by atoms with Gasteiger partial charge in [0.15, 0.2) is 10.9 Å². The van der Waals surface area contributed by atoms with Gasteiger partial charge in [-0.15, -0.1) is 10.2 Å². The van der Waals surface area contributed by atoms with Gasteiger partial charge in [0.05, 0.1) is 11.5 Å². The number of hydrogen-bond donors (Lipinski definition) is 1. The third-order valence-corrected chi connectivity index (χ3v) is 6.13. The van der Waals surface area contributed by atoms with Crippen molar-refractivity contribution in [2.45, 2.75) is 17.3 Å². The van der Waals surface area contributed by atoms with Crippen LogP contribution in [-0.4, -0.2) is 25.9 Å². The number of carbonyl (C=O) groups excluding carboxylic acids is 1. The topological polar surface area (TPSA) is 73.0 Å². The summed E-state index contributed by atoms with van der Waals surface area (Å²) in [5, 5.41) is 14.1. The molecule has 1 N–H and O–H groups in total. The van der Waals surface area contributed by atoms with Gasteiger partial charge in [-0.3, -0.25) is 9.36 Å². The number of benzene rings is 3. The standard InChI is InChI=1S/C25H20N4O2S/c1-17(24(30)26-21-14-7-10-18-9-5-6-13-20(18)21)32-25-28-27-23(22-15-8-16-31-22)29(25)19-11-3-2-4-12-19/h2-17H,1H3,(H,26,30). The molecule has 5 rings (SSSR count). The Morgan fingerprint density at radius 3 is 2.53 bits per heavy atom. The monoisotopic (exact) mass is 440 g/mol. The van der Waals surface area contributed by atoms with Gasteiger partial charge in [0.2, 0.25) is 11.7 Å². The molecule has 2 aromatic heterocycles. The predicted octanol–water partition coefficient (Wildman–Crippen LogP) is 5.80. The fourth-order valence-electron chi connectivity index (χ4n) is 3.50. The SMILES string of the molecule is CC(Sc1nnc(-c2ccco2)n1-c1ccccc1)C(=O)Nc1cccc2ccccc12. The van der Waals surface area contributed by atoms with Gasteiger partial charge in [0.1, 0.15) is 0 Å². The Balaban J connectivity index is 1.43. The number of furan rings is 1. The Morgan fingerprint density at radius 2 is 1.72 bits per heavy atom. The number of carbonyl (C=O) groups is 1. The van der Waals surface area contributed by atoms with Gasteiger partial charge in [-0.1, -0.05) is 66.4 Å². The number of aromatic nitrogens is 3. The Hall–Kier alpha value is -3.84. The van der Waals surface area contributed by atoms with Crippen LogP contribution in [0, 0.1) is 0 Å². The van der Waals surface area contributed by atoms with Gasteiger partial charge in [0.25, 0.3) is 0 Å². The van der Waals surface area contributed by atoms with Gasteiger partial charge in [-0.25, -0.2) is 0 Å². The van der Waals surface area contributed by atoms with Crippen LogP contribution in [-0.2, 0) is 4.79 Å². The van der Waals surface area contributed by atoms with E-state index in [1.54, 1.807) is 6.26 Å². The fraction of sp³-hybridized carbons (Fsp3) is 0.0800. The second-order valence-corrected chi connectivity index (χ2v) is 8.54. The zero-order chi connectivity index (χ0) is 21.9. The molecule has 6 nitrogen and oxygen atoms in total. The quantitative estimate of drug-likeness (QED) is 0.338. The molecule has 0 aliphatic carbocycles. The lowest BCUT2D eigenvalue weighted by atomic mass is 10.1. The molecule has 158 valence electrons. The fourth-order valence-corrected chi connectivity index (χ4v) is 4.37. The van der Waals surface area contributed by atoms with Crippen molar-refractivity contribution in [1.82, 2.24) is 14.8 Å². The first-order chi connectivity index (χ1) is 15.7. The maximum atomic E-state index is 13.0. The number of para-hydroxylation sites is 1. The van der Waals surface area contributed by atoms with E-state index in [1.165, 1.54) is 11.8 Å². The van der Waals surface area contributed by atoms with Crippen LogP contribution in [0.1, 0.15) is 6.92 Å².